The molecular weight excluding hydrogens is 250 g/mol. The fourth-order valence-electron chi connectivity index (χ4n) is 2.90. The van der Waals surface area contributed by atoms with E-state index in [9.17, 15) is 4.79 Å². The summed E-state index contributed by atoms with van der Waals surface area (Å²) in [4.78, 5) is 13.9. The molecule has 2 aliphatic rings. The van der Waals surface area contributed by atoms with Crippen molar-refractivity contribution < 1.29 is 4.79 Å². The third-order valence-electron chi connectivity index (χ3n) is 4.30. The molecule has 1 aliphatic heterocycles. The summed E-state index contributed by atoms with van der Waals surface area (Å²) in [6, 6.07) is 8.98. The van der Waals surface area contributed by atoms with Gasteiger partial charge in [0.2, 0.25) is 5.91 Å². The third kappa shape index (κ3) is 3.38. The number of fused-ring (bicyclic) bond motifs is 1. The van der Waals surface area contributed by atoms with Crippen molar-refractivity contribution in [1.82, 2.24) is 10.2 Å². The summed E-state index contributed by atoms with van der Waals surface area (Å²) in [5.74, 6) is -0.214. The van der Waals surface area contributed by atoms with Gasteiger partial charge in [0, 0.05) is 25.7 Å². The average molecular weight is 273 g/mol. The number of benzene rings is 1. The van der Waals surface area contributed by atoms with Gasteiger partial charge in [-0.1, -0.05) is 24.3 Å². The average Bonchev–Trinajstić information content (AvgIpc) is 3.27. The van der Waals surface area contributed by atoms with Gasteiger partial charge >= 0.3 is 0 Å². The molecule has 1 fully saturated rings. The fourth-order valence-corrected chi connectivity index (χ4v) is 2.90. The monoisotopic (exact) mass is 273 g/mol. The minimum Gasteiger partial charge on any atom is -0.368 e. The van der Waals surface area contributed by atoms with Crippen LogP contribution in [0.4, 0.5) is 0 Å². The topological polar surface area (TPSA) is 58.4 Å². The molecule has 1 atom stereocenters. The maximum Gasteiger partial charge on any atom is 0.234 e. The van der Waals surface area contributed by atoms with Gasteiger partial charge in [-0.2, -0.15) is 0 Å². The largest absolute Gasteiger partial charge is 0.368 e. The Morgan fingerprint density at radius 3 is 2.80 bits per heavy atom. The summed E-state index contributed by atoms with van der Waals surface area (Å²) in [5, 5.41) is 3.35. The summed E-state index contributed by atoms with van der Waals surface area (Å²) in [7, 11) is 0. The number of carbonyl (C=O) groups excluding carboxylic acids is 1. The lowest BCUT2D eigenvalue weighted by molar-refractivity contribution is -0.120. The lowest BCUT2D eigenvalue weighted by atomic mass is 9.99. The maximum atomic E-state index is 11.5. The number of hydrogen-bond donors (Lipinski definition) is 2. The first-order valence-corrected chi connectivity index (χ1v) is 7.57. The highest BCUT2D eigenvalue weighted by molar-refractivity contribution is 5.79. The molecule has 4 heteroatoms. The van der Waals surface area contributed by atoms with E-state index in [-0.39, 0.29) is 11.9 Å². The molecule has 1 aromatic rings. The standard InChI is InChI=1S/C16H23N3O/c17-16(20)15(18-14-5-6-14)8-10-19-9-7-12-3-1-2-4-13(12)11-19/h1-4,14-15,18H,5-11H2,(H2,17,20). The van der Waals surface area contributed by atoms with E-state index >= 15 is 0 Å². The molecule has 0 bridgehead atoms. The zero-order chi connectivity index (χ0) is 13.9. The SMILES string of the molecule is NC(=O)C(CCN1CCc2ccccc2C1)NC1CC1. The second kappa shape index (κ2) is 5.94. The number of nitrogens with one attached hydrogen (secondary N) is 1. The van der Waals surface area contributed by atoms with E-state index in [1.54, 1.807) is 0 Å². The van der Waals surface area contributed by atoms with Crippen molar-refractivity contribution >= 4 is 5.91 Å². The lowest BCUT2D eigenvalue weighted by Gasteiger charge is -2.29. The molecule has 20 heavy (non-hydrogen) atoms. The molecule has 4 nitrogen and oxygen atoms in total. The first-order valence-electron chi connectivity index (χ1n) is 7.57. The van der Waals surface area contributed by atoms with E-state index < -0.39 is 0 Å². The minimum absolute atomic E-state index is 0.167. The zero-order valence-corrected chi connectivity index (χ0v) is 11.8. The van der Waals surface area contributed by atoms with Crippen LogP contribution in [0.25, 0.3) is 0 Å². The second-order valence-corrected chi connectivity index (χ2v) is 5.98. The fraction of sp³-hybridized carbons (Fsp3) is 0.562. The van der Waals surface area contributed by atoms with Gasteiger partial charge in [-0.3, -0.25) is 9.69 Å². The van der Waals surface area contributed by atoms with E-state index in [1.165, 1.54) is 24.0 Å². The Labute approximate surface area is 120 Å². The van der Waals surface area contributed by atoms with Crippen LogP contribution in [0.3, 0.4) is 0 Å². The van der Waals surface area contributed by atoms with Crippen LogP contribution in [0.15, 0.2) is 24.3 Å². The van der Waals surface area contributed by atoms with E-state index in [0.717, 1.165) is 32.5 Å². The molecule has 108 valence electrons. The third-order valence-corrected chi connectivity index (χ3v) is 4.30. The first-order chi connectivity index (χ1) is 9.72. The maximum absolute atomic E-state index is 11.5. The summed E-state index contributed by atoms with van der Waals surface area (Å²) < 4.78 is 0. The van der Waals surface area contributed by atoms with Crippen molar-refractivity contribution in [2.45, 2.75) is 44.3 Å². The lowest BCUT2D eigenvalue weighted by Crippen LogP contribution is -2.45. The molecule has 1 saturated carbocycles. The Hall–Kier alpha value is -1.39. The zero-order valence-electron chi connectivity index (χ0n) is 11.8. The normalized spacial score (nSPS) is 20.4. The molecule has 0 aromatic heterocycles. The van der Waals surface area contributed by atoms with Crippen molar-refractivity contribution in [2.24, 2.45) is 5.73 Å². The van der Waals surface area contributed by atoms with Crippen molar-refractivity contribution in [3.8, 4) is 0 Å². The highest BCUT2D eigenvalue weighted by Gasteiger charge is 2.27. The number of primary amides is 1. The van der Waals surface area contributed by atoms with Crippen LogP contribution in [0.1, 0.15) is 30.4 Å². The highest BCUT2D eigenvalue weighted by atomic mass is 16.1. The quantitative estimate of drug-likeness (QED) is 0.814. The predicted octanol–water partition coefficient (Wildman–Crippen LogP) is 1.04. The molecular formula is C16H23N3O. The van der Waals surface area contributed by atoms with Crippen LogP contribution < -0.4 is 11.1 Å². The molecule has 1 aromatic carbocycles. The number of rotatable bonds is 6. The Morgan fingerprint density at radius 1 is 1.35 bits per heavy atom. The van der Waals surface area contributed by atoms with Crippen molar-refractivity contribution in [3.63, 3.8) is 0 Å². The van der Waals surface area contributed by atoms with E-state index in [0.29, 0.717) is 6.04 Å². The molecule has 3 N–H and O–H groups in total. The number of nitrogens with zero attached hydrogens (tertiary/aromatic N) is 1. The summed E-state index contributed by atoms with van der Waals surface area (Å²) in [5.41, 5.74) is 8.37. The van der Waals surface area contributed by atoms with Crippen molar-refractivity contribution in [3.05, 3.63) is 35.4 Å². The Balaban J connectivity index is 1.52. The predicted molar refractivity (Wildman–Crippen MR) is 79.2 cm³/mol. The Morgan fingerprint density at radius 2 is 2.10 bits per heavy atom. The smallest absolute Gasteiger partial charge is 0.234 e. The number of hydrogen-bond acceptors (Lipinski definition) is 3. The van der Waals surface area contributed by atoms with Gasteiger partial charge in [-0.05, 0) is 36.8 Å². The van der Waals surface area contributed by atoms with Crippen LogP contribution in [0.5, 0.6) is 0 Å². The van der Waals surface area contributed by atoms with E-state index in [4.69, 9.17) is 5.73 Å². The number of carbonyl (C=O) groups is 1. The number of nitrogens with two attached hydrogens (primary N) is 1. The molecule has 3 rings (SSSR count). The molecule has 1 heterocycles. The van der Waals surface area contributed by atoms with Gasteiger partial charge in [0.15, 0.2) is 0 Å². The molecule has 0 saturated heterocycles. The minimum atomic E-state index is -0.214. The summed E-state index contributed by atoms with van der Waals surface area (Å²) in [6.07, 6.45) is 4.28. The second-order valence-electron chi connectivity index (χ2n) is 5.98. The van der Waals surface area contributed by atoms with Gasteiger partial charge in [0.25, 0.3) is 0 Å². The Kier molecular flexibility index (Phi) is 4.03. The van der Waals surface area contributed by atoms with Crippen LogP contribution in [-0.2, 0) is 17.8 Å². The highest BCUT2D eigenvalue weighted by Crippen LogP contribution is 2.21. The van der Waals surface area contributed by atoms with Gasteiger partial charge in [0.05, 0.1) is 6.04 Å². The van der Waals surface area contributed by atoms with Gasteiger partial charge < -0.3 is 11.1 Å². The van der Waals surface area contributed by atoms with Crippen LogP contribution >= 0.6 is 0 Å². The molecule has 1 aliphatic carbocycles. The molecule has 0 radical (unpaired) electrons. The van der Waals surface area contributed by atoms with Gasteiger partial charge in [-0.15, -0.1) is 0 Å². The van der Waals surface area contributed by atoms with Crippen molar-refractivity contribution in [1.29, 1.82) is 0 Å². The van der Waals surface area contributed by atoms with Crippen LogP contribution in [0.2, 0.25) is 0 Å². The first kappa shape index (κ1) is 13.6. The van der Waals surface area contributed by atoms with E-state index in [1.807, 2.05) is 0 Å². The van der Waals surface area contributed by atoms with Gasteiger partial charge in [0.1, 0.15) is 0 Å². The van der Waals surface area contributed by atoms with Crippen LogP contribution in [0, 0.1) is 0 Å². The molecule has 1 unspecified atom stereocenters. The Bertz CT molecular complexity index is 484. The summed E-state index contributed by atoms with van der Waals surface area (Å²) in [6.45, 7) is 3.00. The van der Waals surface area contributed by atoms with Crippen LogP contribution in [-0.4, -0.2) is 36.0 Å². The van der Waals surface area contributed by atoms with E-state index in [2.05, 4.69) is 34.5 Å². The molecule has 0 spiro atoms. The molecule has 1 amide bonds. The summed E-state index contributed by atoms with van der Waals surface area (Å²) >= 11 is 0. The van der Waals surface area contributed by atoms with Gasteiger partial charge in [-0.25, -0.2) is 0 Å². The number of amides is 1. The van der Waals surface area contributed by atoms with Crippen molar-refractivity contribution in [2.75, 3.05) is 13.1 Å².